The number of amides is 1. The highest BCUT2D eigenvalue weighted by Crippen LogP contribution is 2.13. The van der Waals surface area contributed by atoms with Crippen molar-refractivity contribution >= 4 is 11.7 Å². The smallest absolute Gasteiger partial charge is 0.220 e. The minimum absolute atomic E-state index is 0.0175. The molecule has 2 aromatic rings. The van der Waals surface area contributed by atoms with Crippen LogP contribution in [0.3, 0.4) is 0 Å². The fourth-order valence-corrected chi connectivity index (χ4v) is 2.29. The van der Waals surface area contributed by atoms with Gasteiger partial charge in [-0.1, -0.05) is 12.1 Å². The van der Waals surface area contributed by atoms with Crippen LogP contribution in [0.25, 0.3) is 0 Å². The topological polar surface area (TPSA) is 55.4 Å². The molecule has 1 amide bonds. The molecule has 0 atom stereocenters. The molecular weight excluding hydrogens is 321 g/mol. The minimum atomic E-state index is -0.260. The van der Waals surface area contributed by atoms with Crippen molar-refractivity contribution in [1.29, 1.82) is 0 Å². The summed E-state index contributed by atoms with van der Waals surface area (Å²) in [5.74, 6) is 0.409. The number of benzene rings is 2. The van der Waals surface area contributed by atoms with Crippen LogP contribution in [0.4, 0.5) is 4.39 Å². The Bertz CT molecular complexity index is 696. The van der Waals surface area contributed by atoms with E-state index in [-0.39, 0.29) is 17.5 Å². The van der Waals surface area contributed by atoms with Crippen molar-refractivity contribution in [3.63, 3.8) is 0 Å². The van der Waals surface area contributed by atoms with E-state index in [0.29, 0.717) is 43.7 Å². The van der Waals surface area contributed by atoms with Gasteiger partial charge < -0.3 is 10.1 Å². The van der Waals surface area contributed by atoms with Gasteiger partial charge in [0.2, 0.25) is 5.91 Å². The molecule has 0 aliphatic heterocycles. The third-order valence-corrected chi connectivity index (χ3v) is 3.73. The lowest BCUT2D eigenvalue weighted by Gasteiger charge is -2.08. The number of carbonyl (C=O) groups excluding carboxylic acids is 2. The fraction of sp³-hybridized carbons (Fsp3) is 0.300. The van der Waals surface area contributed by atoms with Gasteiger partial charge in [0.25, 0.3) is 0 Å². The Kier molecular flexibility index (Phi) is 7.14. The van der Waals surface area contributed by atoms with E-state index in [0.717, 1.165) is 5.56 Å². The van der Waals surface area contributed by atoms with Crippen molar-refractivity contribution in [2.45, 2.75) is 26.2 Å². The lowest BCUT2D eigenvalue weighted by Crippen LogP contribution is -2.25. The number of carbonyl (C=O) groups is 2. The first kappa shape index (κ1) is 18.6. The maximum Gasteiger partial charge on any atom is 0.220 e. The zero-order valence-corrected chi connectivity index (χ0v) is 14.3. The monoisotopic (exact) mass is 343 g/mol. The van der Waals surface area contributed by atoms with Crippen molar-refractivity contribution in [3.05, 3.63) is 65.5 Å². The number of ketones is 1. The molecule has 5 heteroatoms. The Labute approximate surface area is 147 Å². The fourth-order valence-electron chi connectivity index (χ4n) is 2.29. The molecule has 2 aromatic carbocycles. The number of nitrogens with one attached hydrogen (secondary N) is 1. The molecule has 0 radical (unpaired) electrons. The number of halogens is 1. The van der Waals surface area contributed by atoms with Crippen LogP contribution in [0.2, 0.25) is 0 Å². The lowest BCUT2D eigenvalue weighted by atomic mass is 10.1. The molecule has 0 unspecified atom stereocenters. The number of Topliss-reactive ketones (excluding diaryl/α,β-unsaturated/α-hetero) is 1. The average Bonchev–Trinajstić information content (AvgIpc) is 2.61. The van der Waals surface area contributed by atoms with Gasteiger partial charge in [-0.15, -0.1) is 0 Å². The molecule has 4 nitrogen and oxygen atoms in total. The summed E-state index contributed by atoms with van der Waals surface area (Å²) in [5, 5.41) is 2.84. The van der Waals surface area contributed by atoms with Crippen molar-refractivity contribution in [2.75, 3.05) is 13.2 Å². The van der Waals surface area contributed by atoms with Gasteiger partial charge in [-0.2, -0.15) is 0 Å². The molecule has 0 bridgehead atoms. The molecule has 1 N–H and O–H groups in total. The Balaban J connectivity index is 1.58. The summed E-state index contributed by atoms with van der Waals surface area (Å²) >= 11 is 0. The van der Waals surface area contributed by atoms with Crippen LogP contribution >= 0.6 is 0 Å². The largest absolute Gasteiger partial charge is 0.494 e. The van der Waals surface area contributed by atoms with Crippen LogP contribution in [0.15, 0.2) is 48.5 Å². The second-order valence-electron chi connectivity index (χ2n) is 5.76. The highest BCUT2D eigenvalue weighted by Gasteiger charge is 2.03. The summed E-state index contributed by atoms with van der Waals surface area (Å²) in [6, 6.07) is 13.2. The Morgan fingerprint density at radius 1 is 1.04 bits per heavy atom. The van der Waals surface area contributed by atoms with E-state index in [9.17, 15) is 14.0 Å². The van der Waals surface area contributed by atoms with Crippen molar-refractivity contribution < 1.29 is 18.7 Å². The average molecular weight is 343 g/mol. The number of ether oxygens (including phenoxy) is 1. The lowest BCUT2D eigenvalue weighted by molar-refractivity contribution is -0.121. The van der Waals surface area contributed by atoms with Gasteiger partial charge in [-0.05, 0) is 61.7 Å². The number of rotatable bonds is 9. The second-order valence-corrected chi connectivity index (χ2v) is 5.76. The number of hydrogen-bond donors (Lipinski definition) is 1. The summed E-state index contributed by atoms with van der Waals surface area (Å²) in [5.41, 5.74) is 1.63. The molecule has 0 fully saturated rings. The highest BCUT2D eigenvalue weighted by atomic mass is 19.1. The first-order chi connectivity index (χ1) is 12.0. The highest BCUT2D eigenvalue weighted by molar-refractivity contribution is 5.94. The predicted molar refractivity (Wildman–Crippen MR) is 94.3 cm³/mol. The van der Waals surface area contributed by atoms with Crippen molar-refractivity contribution in [3.8, 4) is 5.75 Å². The van der Waals surface area contributed by atoms with Gasteiger partial charge in [-0.25, -0.2) is 4.39 Å². The van der Waals surface area contributed by atoms with E-state index in [2.05, 4.69) is 5.32 Å². The SMILES string of the molecule is CC(=O)c1ccc(OCCCC(=O)NCCc2ccc(F)cc2)cc1. The first-order valence-electron chi connectivity index (χ1n) is 8.29. The van der Waals surface area contributed by atoms with Gasteiger partial charge in [-0.3, -0.25) is 9.59 Å². The minimum Gasteiger partial charge on any atom is -0.494 e. The molecule has 0 saturated heterocycles. The van der Waals surface area contributed by atoms with E-state index in [4.69, 9.17) is 4.74 Å². The van der Waals surface area contributed by atoms with Crippen LogP contribution in [-0.4, -0.2) is 24.8 Å². The first-order valence-corrected chi connectivity index (χ1v) is 8.29. The Morgan fingerprint density at radius 3 is 2.36 bits per heavy atom. The zero-order valence-electron chi connectivity index (χ0n) is 14.3. The van der Waals surface area contributed by atoms with Crippen molar-refractivity contribution in [1.82, 2.24) is 5.32 Å². The van der Waals surface area contributed by atoms with E-state index >= 15 is 0 Å². The quantitative estimate of drug-likeness (QED) is 0.560. The van der Waals surface area contributed by atoms with Crippen LogP contribution < -0.4 is 10.1 Å². The van der Waals surface area contributed by atoms with E-state index in [1.54, 1.807) is 36.4 Å². The molecular formula is C20H22FNO3. The molecule has 0 spiro atoms. The summed E-state index contributed by atoms with van der Waals surface area (Å²) < 4.78 is 18.3. The van der Waals surface area contributed by atoms with Crippen LogP contribution in [0.1, 0.15) is 35.7 Å². The van der Waals surface area contributed by atoms with Gasteiger partial charge >= 0.3 is 0 Å². The normalized spacial score (nSPS) is 10.3. The van der Waals surface area contributed by atoms with E-state index < -0.39 is 0 Å². The second kappa shape index (κ2) is 9.57. The van der Waals surface area contributed by atoms with Gasteiger partial charge in [0.15, 0.2) is 5.78 Å². The summed E-state index contributed by atoms with van der Waals surface area (Å²) in [6.07, 6.45) is 1.66. The molecule has 0 aliphatic rings. The molecule has 0 heterocycles. The van der Waals surface area contributed by atoms with Gasteiger partial charge in [0.1, 0.15) is 11.6 Å². The Morgan fingerprint density at radius 2 is 1.72 bits per heavy atom. The molecule has 0 aromatic heterocycles. The molecule has 132 valence electrons. The Hall–Kier alpha value is -2.69. The molecule has 2 rings (SSSR count). The third-order valence-electron chi connectivity index (χ3n) is 3.73. The van der Waals surface area contributed by atoms with Gasteiger partial charge in [0.05, 0.1) is 6.61 Å². The standard InChI is InChI=1S/C20H22FNO3/c1-15(23)17-6-10-19(11-7-17)25-14-2-3-20(24)22-13-12-16-4-8-18(21)9-5-16/h4-11H,2-3,12-14H2,1H3,(H,22,24). The molecule has 25 heavy (non-hydrogen) atoms. The van der Waals surface area contributed by atoms with E-state index in [1.807, 2.05) is 0 Å². The summed E-state index contributed by atoms with van der Waals surface area (Å²) in [6.45, 7) is 2.48. The molecule has 0 aliphatic carbocycles. The van der Waals surface area contributed by atoms with Gasteiger partial charge in [0, 0.05) is 18.5 Å². The van der Waals surface area contributed by atoms with Crippen molar-refractivity contribution in [2.24, 2.45) is 0 Å². The maximum absolute atomic E-state index is 12.8. The number of hydrogen-bond acceptors (Lipinski definition) is 3. The van der Waals surface area contributed by atoms with E-state index in [1.165, 1.54) is 19.1 Å². The summed E-state index contributed by atoms with van der Waals surface area (Å²) in [4.78, 5) is 22.9. The summed E-state index contributed by atoms with van der Waals surface area (Å²) in [7, 11) is 0. The maximum atomic E-state index is 12.8. The third kappa shape index (κ3) is 6.75. The van der Waals surface area contributed by atoms with Crippen LogP contribution in [0, 0.1) is 5.82 Å². The molecule has 0 saturated carbocycles. The zero-order chi connectivity index (χ0) is 18.1. The van der Waals surface area contributed by atoms with Crippen LogP contribution in [0.5, 0.6) is 5.75 Å². The van der Waals surface area contributed by atoms with Crippen LogP contribution in [-0.2, 0) is 11.2 Å². The predicted octanol–water partition coefficient (Wildman–Crippen LogP) is 3.55.